The Morgan fingerprint density at radius 3 is 2.74 bits per heavy atom. The van der Waals surface area contributed by atoms with Gasteiger partial charge < -0.3 is 0 Å². The number of hydrogen-bond donors (Lipinski definition) is 0. The third-order valence-electron chi connectivity index (χ3n) is 5.22. The number of pyridine rings is 1. The summed E-state index contributed by atoms with van der Waals surface area (Å²) in [6, 6.07) is 21.3. The Balaban J connectivity index is 1.73. The number of aromatic nitrogens is 1. The molecule has 1 unspecified atom stereocenters. The Labute approximate surface area is 166 Å². The maximum atomic E-state index is 12.9. The van der Waals surface area contributed by atoms with E-state index in [0.717, 1.165) is 22.8 Å². The van der Waals surface area contributed by atoms with E-state index in [4.69, 9.17) is 0 Å². The van der Waals surface area contributed by atoms with E-state index in [-0.39, 0.29) is 11.6 Å². The minimum atomic E-state index is 0.123. The second-order valence-electron chi connectivity index (χ2n) is 7.01. The van der Waals surface area contributed by atoms with Crippen LogP contribution < -0.4 is 5.56 Å². The number of thioether (sulfide) groups is 1. The van der Waals surface area contributed by atoms with Gasteiger partial charge in [0.05, 0.1) is 5.03 Å². The molecule has 0 amide bonds. The number of benzene rings is 2. The zero-order valence-corrected chi connectivity index (χ0v) is 16.6. The van der Waals surface area contributed by atoms with E-state index < -0.39 is 0 Å². The van der Waals surface area contributed by atoms with E-state index in [1.54, 1.807) is 11.3 Å². The predicted molar refractivity (Wildman–Crippen MR) is 116 cm³/mol. The largest absolute Gasteiger partial charge is 0.299 e. The van der Waals surface area contributed by atoms with Crippen molar-refractivity contribution in [2.24, 2.45) is 0 Å². The van der Waals surface area contributed by atoms with Gasteiger partial charge in [-0.2, -0.15) is 0 Å². The lowest BCUT2D eigenvalue weighted by Crippen LogP contribution is -2.22. The zero-order chi connectivity index (χ0) is 18.4. The molecule has 2 nitrogen and oxygen atoms in total. The van der Waals surface area contributed by atoms with Gasteiger partial charge in [0, 0.05) is 28.3 Å². The summed E-state index contributed by atoms with van der Waals surface area (Å²) < 4.78 is 1.98. The summed E-state index contributed by atoms with van der Waals surface area (Å²) in [5, 5.41) is 5.75. The summed E-state index contributed by atoms with van der Waals surface area (Å²) in [5.41, 5.74) is 3.77. The van der Waals surface area contributed by atoms with E-state index in [2.05, 4.69) is 66.9 Å². The van der Waals surface area contributed by atoms with Crippen LogP contribution in [0, 0.1) is 0 Å². The highest BCUT2D eigenvalue weighted by Crippen LogP contribution is 2.42. The van der Waals surface area contributed by atoms with Gasteiger partial charge in [0.15, 0.2) is 0 Å². The molecule has 0 radical (unpaired) electrons. The summed E-state index contributed by atoms with van der Waals surface area (Å²) in [6.07, 6.45) is 0.770. The Morgan fingerprint density at radius 1 is 1.04 bits per heavy atom. The lowest BCUT2D eigenvalue weighted by molar-refractivity contribution is 0.564. The third kappa shape index (κ3) is 2.84. The average molecular weight is 390 g/mol. The standard InChI is InChI=1S/C23H19NOS2/c1-15-14-27-23-22(20-10-5-11-26-20)18(13-21(25)24(15)23)12-17-8-4-7-16-6-2-3-9-19(16)17/h2-11,13,15H,12,14H2,1H3. The molecule has 134 valence electrons. The van der Waals surface area contributed by atoms with Crippen molar-refractivity contribution in [3.63, 3.8) is 0 Å². The topological polar surface area (TPSA) is 22.0 Å². The molecule has 0 spiro atoms. The van der Waals surface area contributed by atoms with Crippen molar-refractivity contribution in [3.05, 3.63) is 87.5 Å². The van der Waals surface area contributed by atoms with Crippen LogP contribution in [0.15, 0.2) is 75.9 Å². The second kappa shape index (κ2) is 6.70. The Kier molecular flexibility index (Phi) is 4.18. The van der Waals surface area contributed by atoms with Crippen LogP contribution in [0.1, 0.15) is 24.1 Å². The zero-order valence-electron chi connectivity index (χ0n) is 15.0. The molecule has 4 aromatic rings. The average Bonchev–Trinajstić information content (AvgIpc) is 3.33. The van der Waals surface area contributed by atoms with E-state index in [1.807, 2.05) is 22.4 Å². The number of hydrogen-bond acceptors (Lipinski definition) is 3. The van der Waals surface area contributed by atoms with E-state index >= 15 is 0 Å². The first-order chi connectivity index (χ1) is 13.2. The summed E-state index contributed by atoms with van der Waals surface area (Å²) >= 11 is 3.56. The summed E-state index contributed by atoms with van der Waals surface area (Å²) in [6.45, 7) is 2.13. The fourth-order valence-corrected chi connectivity index (χ4v) is 6.17. The van der Waals surface area contributed by atoms with E-state index in [9.17, 15) is 4.79 Å². The first-order valence-electron chi connectivity index (χ1n) is 9.14. The van der Waals surface area contributed by atoms with Gasteiger partial charge in [0.1, 0.15) is 0 Å². The molecule has 0 bridgehead atoms. The van der Waals surface area contributed by atoms with Crippen LogP contribution in [0.4, 0.5) is 0 Å². The normalized spacial score (nSPS) is 16.0. The number of fused-ring (bicyclic) bond motifs is 2. The number of thiophene rings is 1. The van der Waals surface area contributed by atoms with Gasteiger partial charge in [-0.1, -0.05) is 48.5 Å². The van der Waals surface area contributed by atoms with Crippen molar-refractivity contribution in [1.29, 1.82) is 0 Å². The Morgan fingerprint density at radius 2 is 1.89 bits per heavy atom. The van der Waals surface area contributed by atoms with Gasteiger partial charge in [-0.05, 0) is 46.7 Å². The molecule has 1 aliphatic heterocycles. The van der Waals surface area contributed by atoms with Crippen molar-refractivity contribution in [3.8, 4) is 10.4 Å². The first-order valence-corrected chi connectivity index (χ1v) is 11.0. The van der Waals surface area contributed by atoms with Crippen LogP contribution in [-0.4, -0.2) is 10.3 Å². The Bertz CT molecular complexity index is 1190. The molecule has 0 fully saturated rings. The van der Waals surface area contributed by atoms with Gasteiger partial charge in [-0.15, -0.1) is 23.1 Å². The van der Waals surface area contributed by atoms with Crippen molar-refractivity contribution in [2.75, 3.05) is 5.75 Å². The van der Waals surface area contributed by atoms with Gasteiger partial charge in [-0.25, -0.2) is 0 Å². The molecule has 2 aromatic carbocycles. The molecule has 0 N–H and O–H groups in total. The predicted octanol–water partition coefficient (Wildman–Crippen LogP) is 5.99. The lowest BCUT2D eigenvalue weighted by atomic mass is 9.96. The minimum Gasteiger partial charge on any atom is -0.299 e. The molecule has 1 atom stereocenters. The summed E-state index contributed by atoms with van der Waals surface area (Å²) in [7, 11) is 0. The molecule has 4 heteroatoms. The van der Waals surface area contributed by atoms with Crippen LogP contribution in [0.3, 0.4) is 0 Å². The van der Waals surface area contributed by atoms with E-state index in [1.165, 1.54) is 26.8 Å². The summed E-state index contributed by atoms with van der Waals surface area (Å²) in [4.78, 5) is 14.1. The fourth-order valence-electron chi connectivity index (χ4n) is 3.96. The lowest BCUT2D eigenvalue weighted by Gasteiger charge is -2.16. The smallest absolute Gasteiger partial charge is 0.251 e. The molecule has 27 heavy (non-hydrogen) atoms. The van der Waals surface area contributed by atoms with Crippen LogP contribution in [0.5, 0.6) is 0 Å². The van der Waals surface area contributed by atoms with Crippen LogP contribution in [-0.2, 0) is 6.42 Å². The van der Waals surface area contributed by atoms with Crippen molar-refractivity contribution in [1.82, 2.24) is 4.57 Å². The maximum Gasteiger partial charge on any atom is 0.251 e. The number of rotatable bonds is 3. The molecule has 5 rings (SSSR count). The first kappa shape index (κ1) is 16.8. The maximum absolute atomic E-state index is 12.9. The van der Waals surface area contributed by atoms with Crippen LogP contribution in [0.2, 0.25) is 0 Å². The molecule has 3 heterocycles. The van der Waals surface area contributed by atoms with Crippen LogP contribution >= 0.6 is 23.1 Å². The molecular formula is C23H19NOS2. The fraction of sp³-hybridized carbons (Fsp3) is 0.174. The molecule has 2 aromatic heterocycles. The SMILES string of the molecule is CC1CSc2c(-c3cccs3)c(Cc3cccc4ccccc34)cc(=O)n21. The third-order valence-corrected chi connectivity index (χ3v) is 7.43. The highest BCUT2D eigenvalue weighted by Gasteiger charge is 2.26. The molecule has 0 saturated heterocycles. The van der Waals surface area contributed by atoms with Gasteiger partial charge >= 0.3 is 0 Å². The minimum absolute atomic E-state index is 0.123. The molecule has 0 saturated carbocycles. The monoisotopic (exact) mass is 389 g/mol. The second-order valence-corrected chi connectivity index (χ2v) is 8.97. The molecule has 1 aliphatic rings. The van der Waals surface area contributed by atoms with Crippen molar-refractivity contribution < 1.29 is 0 Å². The van der Waals surface area contributed by atoms with Gasteiger partial charge in [0.25, 0.3) is 5.56 Å². The van der Waals surface area contributed by atoms with Gasteiger partial charge in [0.2, 0.25) is 0 Å². The Hall–Kier alpha value is -2.30. The van der Waals surface area contributed by atoms with Crippen molar-refractivity contribution >= 4 is 33.9 Å². The molecular weight excluding hydrogens is 370 g/mol. The highest BCUT2D eigenvalue weighted by atomic mass is 32.2. The van der Waals surface area contributed by atoms with E-state index in [0.29, 0.717) is 0 Å². The molecule has 0 aliphatic carbocycles. The van der Waals surface area contributed by atoms with Gasteiger partial charge in [-0.3, -0.25) is 9.36 Å². The quantitative estimate of drug-likeness (QED) is 0.429. The summed E-state index contributed by atoms with van der Waals surface area (Å²) in [5.74, 6) is 0.964. The van der Waals surface area contributed by atoms with Crippen molar-refractivity contribution in [2.45, 2.75) is 24.4 Å². The van der Waals surface area contributed by atoms with Crippen LogP contribution in [0.25, 0.3) is 21.2 Å². The highest BCUT2D eigenvalue weighted by molar-refractivity contribution is 7.99. The number of nitrogens with zero attached hydrogens (tertiary/aromatic N) is 1.